The average Bonchev–Trinajstić information content (AvgIpc) is 2.96. The Balaban J connectivity index is 1.85. The molecule has 0 N–H and O–H groups in total. The van der Waals surface area contributed by atoms with Crippen LogP contribution in [0.2, 0.25) is 0 Å². The maximum Gasteiger partial charge on any atom is 0.336 e. The van der Waals surface area contributed by atoms with Gasteiger partial charge in [-0.15, -0.1) is 0 Å². The van der Waals surface area contributed by atoms with E-state index in [1.807, 2.05) is 36.7 Å². The number of nitrogens with zero attached hydrogens (tertiary/aromatic N) is 2. The van der Waals surface area contributed by atoms with Crippen LogP contribution < -0.4 is 10.4 Å². The van der Waals surface area contributed by atoms with Crippen molar-refractivity contribution < 1.29 is 9.15 Å². The lowest BCUT2D eigenvalue weighted by Crippen LogP contribution is -2.09. The summed E-state index contributed by atoms with van der Waals surface area (Å²) in [5, 5.41) is 0.992. The number of hydrogen-bond donors (Lipinski definition) is 0. The normalized spacial score (nSPS) is 11.1. The topological polar surface area (TPSA) is 57.3 Å². The van der Waals surface area contributed by atoms with Crippen molar-refractivity contribution in [3.8, 4) is 5.75 Å². The number of imidazole rings is 1. The molecule has 5 nitrogen and oxygen atoms in total. The van der Waals surface area contributed by atoms with Crippen molar-refractivity contribution in [1.29, 1.82) is 0 Å². The minimum absolute atomic E-state index is 0.305. The lowest BCUT2D eigenvalue weighted by molar-refractivity contribution is 0.295. The number of fused-ring (bicyclic) bond motifs is 1. The third-order valence-electron chi connectivity index (χ3n) is 4.23. The lowest BCUT2D eigenvalue weighted by Gasteiger charge is -2.13. The molecule has 0 radical (unpaired) electrons. The summed E-state index contributed by atoms with van der Waals surface area (Å²) in [4.78, 5) is 16.0. The summed E-state index contributed by atoms with van der Waals surface area (Å²) in [6.45, 7) is 7.25. The number of aromatic nitrogens is 2. The summed E-state index contributed by atoms with van der Waals surface area (Å²) in [7, 11) is 0. The Morgan fingerprint density at radius 2 is 2.12 bits per heavy atom. The van der Waals surface area contributed by atoms with Gasteiger partial charge in [0, 0.05) is 29.4 Å². The van der Waals surface area contributed by atoms with Crippen LogP contribution in [0.25, 0.3) is 11.0 Å². The van der Waals surface area contributed by atoms with Crippen LogP contribution in [0.1, 0.15) is 30.3 Å². The number of benzene rings is 1. The number of ether oxygens (including phenoxy) is 1. The predicted octanol–water partition coefficient (Wildman–Crippen LogP) is 3.64. The number of aryl methyl sites for hydroxylation is 3. The zero-order valence-electron chi connectivity index (χ0n) is 14.3. The van der Waals surface area contributed by atoms with Gasteiger partial charge in [-0.2, -0.15) is 0 Å². The van der Waals surface area contributed by atoms with Crippen LogP contribution in [0.4, 0.5) is 0 Å². The van der Waals surface area contributed by atoms with Gasteiger partial charge in [0.1, 0.15) is 23.8 Å². The van der Waals surface area contributed by atoms with Crippen LogP contribution >= 0.6 is 0 Å². The minimum atomic E-state index is -0.305. The maximum absolute atomic E-state index is 11.8. The van der Waals surface area contributed by atoms with E-state index in [9.17, 15) is 4.79 Å². The van der Waals surface area contributed by atoms with Crippen LogP contribution in [0.3, 0.4) is 0 Å². The molecular formula is C19H22N2O3. The molecule has 24 heavy (non-hydrogen) atoms. The molecule has 5 heteroatoms. The van der Waals surface area contributed by atoms with Crippen LogP contribution in [-0.2, 0) is 13.0 Å². The Hall–Kier alpha value is -2.56. The molecule has 0 saturated carbocycles. The van der Waals surface area contributed by atoms with E-state index >= 15 is 0 Å². The molecule has 0 fully saturated rings. The second kappa shape index (κ2) is 6.91. The molecule has 0 amide bonds. The van der Waals surface area contributed by atoms with Gasteiger partial charge in [0.05, 0.1) is 6.54 Å². The van der Waals surface area contributed by atoms with E-state index < -0.39 is 0 Å². The van der Waals surface area contributed by atoms with Gasteiger partial charge in [-0.1, -0.05) is 13.3 Å². The SMILES string of the molecule is CCCc1cc(=O)oc2c(C)c(OCCn3ccnc3C)ccc12. The van der Waals surface area contributed by atoms with Crippen molar-refractivity contribution in [3.05, 3.63) is 58.0 Å². The lowest BCUT2D eigenvalue weighted by atomic mass is 10.0. The van der Waals surface area contributed by atoms with Crippen molar-refractivity contribution in [1.82, 2.24) is 9.55 Å². The van der Waals surface area contributed by atoms with Crippen LogP contribution in [0, 0.1) is 13.8 Å². The highest BCUT2D eigenvalue weighted by molar-refractivity contribution is 5.84. The summed E-state index contributed by atoms with van der Waals surface area (Å²) < 4.78 is 13.4. The van der Waals surface area contributed by atoms with E-state index in [1.165, 1.54) is 0 Å². The van der Waals surface area contributed by atoms with Gasteiger partial charge < -0.3 is 13.7 Å². The first-order chi connectivity index (χ1) is 11.6. The number of hydrogen-bond acceptors (Lipinski definition) is 4. The third-order valence-corrected chi connectivity index (χ3v) is 4.23. The molecule has 0 aliphatic heterocycles. The van der Waals surface area contributed by atoms with E-state index in [1.54, 1.807) is 12.3 Å². The quantitative estimate of drug-likeness (QED) is 0.649. The third kappa shape index (κ3) is 3.20. The molecular weight excluding hydrogens is 304 g/mol. The summed E-state index contributed by atoms with van der Waals surface area (Å²) in [6.07, 6.45) is 5.56. The minimum Gasteiger partial charge on any atom is -0.491 e. The van der Waals surface area contributed by atoms with Crippen molar-refractivity contribution in [2.24, 2.45) is 0 Å². The van der Waals surface area contributed by atoms with Crippen LogP contribution in [-0.4, -0.2) is 16.2 Å². The highest BCUT2D eigenvalue weighted by Gasteiger charge is 2.11. The van der Waals surface area contributed by atoms with Crippen LogP contribution in [0.15, 0.2) is 39.8 Å². The zero-order chi connectivity index (χ0) is 17.1. The van der Waals surface area contributed by atoms with E-state index in [4.69, 9.17) is 9.15 Å². The fourth-order valence-corrected chi connectivity index (χ4v) is 2.93. The van der Waals surface area contributed by atoms with Gasteiger partial charge in [0.25, 0.3) is 0 Å². The molecule has 0 saturated heterocycles. The predicted molar refractivity (Wildman–Crippen MR) is 93.7 cm³/mol. The molecule has 1 aromatic carbocycles. The summed E-state index contributed by atoms with van der Waals surface area (Å²) >= 11 is 0. The smallest absolute Gasteiger partial charge is 0.336 e. The first kappa shape index (κ1) is 16.3. The van der Waals surface area contributed by atoms with Crippen LogP contribution in [0.5, 0.6) is 5.75 Å². The molecule has 126 valence electrons. The van der Waals surface area contributed by atoms with Gasteiger partial charge in [-0.25, -0.2) is 9.78 Å². The summed E-state index contributed by atoms with van der Waals surface area (Å²) in [5.74, 6) is 1.71. The second-order valence-corrected chi connectivity index (χ2v) is 5.92. The Morgan fingerprint density at radius 1 is 1.29 bits per heavy atom. The number of rotatable bonds is 6. The molecule has 0 spiro atoms. The molecule has 2 heterocycles. The van der Waals surface area contributed by atoms with E-state index in [0.29, 0.717) is 12.2 Å². The Bertz CT molecular complexity index is 909. The monoisotopic (exact) mass is 326 g/mol. The molecule has 0 bridgehead atoms. The molecule has 0 aliphatic carbocycles. The van der Waals surface area contributed by atoms with E-state index in [2.05, 4.69) is 11.9 Å². The maximum atomic E-state index is 11.8. The first-order valence-electron chi connectivity index (χ1n) is 8.27. The second-order valence-electron chi connectivity index (χ2n) is 5.92. The van der Waals surface area contributed by atoms with E-state index in [0.717, 1.165) is 47.5 Å². The van der Waals surface area contributed by atoms with Gasteiger partial charge in [-0.3, -0.25) is 0 Å². The molecule has 0 atom stereocenters. The molecule has 3 aromatic rings. The van der Waals surface area contributed by atoms with Gasteiger partial charge in [-0.05, 0) is 38.0 Å². The highest BCUT2D eigenvalue weighted by atomic mass is 16.5. The average molecular weight is 326 g/mol. The molecule has 3 rings (SSSR count). The first-order valence-corrected chi connectivity index (χ1v) is 8.27. The Morgan fingerprint density at radius 3 is 2.83 bits per heavy atom. The van der Waals surface area contributed by atoms with Gasteiger partial charge in [0.15, 0.2) is 0 Å². The molecule has 2 aromatic heterocycles. The molecule has 0 aliphatic rings. The molecule has 0 unspecified atom stereocenters. The Labute approximate surface area is 140 Å². The van der Waals surface area contributed by atoms with Gasteiger partial charge >= 0.3 is 5.63 Å². The fourth-order valence-electron chi connectivity index (χ4n) is 2.93. The van der Waals surface area contributed by atoms with Crippen molar-refractivity contribution in [2.75, 3.05) is 6.61 Å². The largest absolute Gasteiger partial charge is 0.491 e. The summed E-state index contributed by atoms with van der Waals surface area (Å²) in [5.41, 5.74) is 2.22. The van der Waals surface area contributed by atoms with Gasteiger partial charge in [0.2, 0.25) is 0 Å². The van der Waals surface area contributed by atoms with Crippen molar-refractivity contribution >= 4 is 11.0 Å². The van der Waals surface area contributed by atoms with Crippen molar-refractivity contribution in [2.45, 2.75) is 40.2 Å². The summed E-state index contributed by atoms with van der Waals surface area (Å²) in [6, 6.07) is 5.53. The standard InChI is InChI=1S/C19H22N2O3/c1-4-5-15-12-18(22)24-19-13(2)17(7-6-16(15)19)23-11-10-21-9-8-20-14(21)3/h6-9,12H,4-5,10-11H2,1-3H3. The highest BCUT2D eigenvalue weighted by Crippen LogP contribution is 2.29. The van der Waals surface area contributed by atoms with Crippen molar-refractivity contribution in [3.63, 3.8) is 0 Å². The van der Waals surface area contributed by atoms with E-state index in [-0.39, 0.29) is 5.63 Å². The fraction of sp³-hybridized carbons (Fsp3) is 0.368. The Kier molecular flexibility index (Phi) is 4.69. The zero-order valence-corrected chi connectivity index (χ0v) is 14.3.